The van der Waals surface area contributed by atoms with Crippen LogP contribution in [0, 0.1) is 6.92 Å². The Labute approximate surface area is 209 Å². The smallest absolute Gasteiger partial charge is 0.197 e. The minimum Gasteiger partial charge on any atom is -0.302 e. The van der Waals surface area contributed by atoms with E-state index in [-0.39, 0.29) is 17.1 Å². The van der Waals surface area contributed by atoms with Crippen molar-refractivity contribution in [1.29, 1.82) is 0 Å². The number of allylic oxidation sites excluding steroid dienone is 1. The third-order valence-corrected chi connectivity index (χ3v) is 8.06. The molecule has 0 atom stereocenters. The number of anilines is 3. The lowest BCUT2D eigenvalue weighted by atomic mass is 9.88. The van der Waals surface area contributed by atoms with Crippen molar-refractivity contribution in [1.82, 2.24) is 0 Å². The lowest BCUT2D eigenvalue weighted by Gasteiger charge is -2.24. The van der Waals surface area contributed by atoms with E-state index < -0.39 is 0 Å². The van der Waals surface area contributed by atoms with Gasteiger partial charge < -0.3 is 4.90 Å². The van der Waals surface area contributed by atoms with Gasteiger partial charge in [0.05, 0.1) is 5.57 Å². The average Bonchev–Trinajstić information content (AvgIpc) is 3.36. The SMILES string of the molecule is Cc1cc(C=C2C(=O)c3cc4c(cc3C2=O)CCCC4)sc1N(c1ccccc1)c1ccccc1. The van der Waals surface area contributed by atoms with E-state index in [9.17, 15) is 9.59 Å². The third kappa shape index (κ3) is 3.84. The number of Topliss-reactive ketones (excluding diaryl/α,β-unsaturated/α-hetero) is 2. The van der Waals surface area contributed by atoms with Crippen molar-refractivity contribution in [2.45, 2.75) is 32.6 Å². The van der Waals surface area contributed by atoms with Crippen LogP contribution in [0.1, 0.15) is 55.1 Å². The number of aryl methyl sites for hydroxylation is 3. The van der Waals surface area contributed by atoms with Gasteiger partial charge in [-0.05, 0) is 97.8 Å². The van der Waals surface area contributed by atoms with Crippen molar-refractivity contribution < 1.29 is 9.59 Å². The molecule has 0 N–H and O–H groups in total. The van der Waals surface area contributed by atoms with Gasteiger partial charge >= 0.3 is 0 Å². The molecule has 35 heavy (non-hydrogen) atoms. The lowest BCUT2D eigenvalue weighted by Crippen LogP contribution is -2.08. The molecule has 3 aromatic carbocycles. The Balaban J connectivity index is 1.40. The molecule has 0 radical (unpaired) electrons. The maximum Gasteiger partial charge on any atom is 0.197 e. The van der Waals surface area contributed by atoms with E-state index in [0.29, 0.717) is 11.1 Å². The average molecular weight is 476 g/mol. The first-order chi connectivity index (χ1) is 17.1. The molecule has 6 rings (SSSR count). The predicted octanol–water partition coefficient (Wildman–Crippen LogP) is 7.87. The van der Waals surface area contributed by atoms with Gasteiger partial charge in [-0.25, -0.2) is 0 Å². The van der Waals surface area contributed by atoms with Crippen molar-refractivity contribution in [3.63, 3.8) is 0 Å². The molecular formula is C31H25NO2S. The molecule has 2 aliphatic carbocycles. The Bertz CT molecular complexity index is 1390. The summed E-state index contributed by atoms with van der Waals surface area (Å²) in [6.45, 7) is 2.08. The Hall–Kier alpha value is -3.76. The number of hydrogen-bond donors (Lipinski definition) is 0. The lowest BCUT2D eigenvalue weighted by molar-refractivity contribution is 0.0990. The summed E-state index contributed by atoms with van der Waals surface area (Å²) >= 11 is 1.60. The second kappa shape index (κ2) is 8.79. The fourth-order valence-electron chi connectivity index (χ4n) is 5.16. The molecule has 0 saturated heterocycles. The van der Waals surface area contributed by atoms with E-state index in [4.69, 9.17) is 0 Å². The Morgan fingerprint density at radius 2 is 1.26 bits per heavy atom. The van der Waals surface area contributed by atoms with Crippen LogP contribution in [-0.4, -0.2) is 11.6 Å². The molecular weight excluding hydrogens is 450 g/mol. The van der Waals surface area contributed by atoms with E-state index in [2.05, 4.69) is 42.2 Å². The number of fused-ring (bicyclic) bond motifs is 2. The molecule has 0 saturated carbocycles. The highest BCUT2D eigenvalue weighted by Crippen LogP contribution is 2.42. The van der Waals surface area contributed by atoms with Gasteiger partial charge in [-0.3, -0.25) is 9.59 Å². The van der Waals surface area contributed by atoms with Crippen LogP contribution in [0.15, 0.2) is 84.4 Å². The Kier molecular flexibility index (Phi) is 5.46. The minimum atomic E-state index is -0.144. The third-order valence-electron chi connectivity index (χ3n) is 6.89. The number of rotatable bonds is 4. The highest BCUT2D eigenvalue weighted by atomic mass is 32.1. The number of ketones is 2. The molecule has 1 aromatic heterocycles. The second-order valence-corrected chi connectivity index (χ2v) is 10.3. The zero-order valence-corrected chi connectivity index (χ0v) is 20.4. The summed E-state index contributed by atoms with van der Waals surface area (Å²) in [5.41, 5.74) is 7.11. The van der Waals surface area contributed by atoms with E-state index in [1.165, 1.54) is 11.1 Å². The van der Waals surface area contributed by atoms with Gasteiger partial charge in [0.15, 0.2) is 11.6 Å². The number of thiophene rings is 1. The molecule has 2 aliphatic rings. The van der Waals surface area contributed by atoms with Crippen molar-refractivity contribution >= 4 is 45.4 Å². The molecule has 0 amide bonds. The monoisotopic (exact) mass is 475 g/mol. The van der Waals surface area contributed by atoms with E-state index in [1.54, 1.807) is 17.4 Å². The van der Waals surface area contributed by atoms with Crippen LogP contribution in [0.5, 0.6) is 0 Å². The summed E-state index contributed by atoms with van der Waals surface area (Å²) in [6, 6.07) is 26.5. The number of hydrogen-bond acceptors (Lipinski definition) is 4. The molecule has 3 nitrogen and oxygen atoms in total. The van der Waals surface area contributed by atoms with Gasteiger partial charge in [0.2, 0.25) is 0 Å². The first kappa shape index (κ1) is 21.8. The van der Waals surface area contributed by atoms with E-state index in [0.717, 1.165) is 52.5 Å². The van der Waals surface area contributed by atoms with E-state index in [1.807, 2.05) is 48.5 Å². The molecule has 0 bridgehead atoms. The van der Waals surface area contributed by atoms with E-state index >= 15 is 0 Å². The molecule has 4 heteroatoms. The molecule has 0 unspecified atom stereocenters. The molecule has 0 aliphatic heterocycles. The van der Waals surface area contributed by atoms with Crippen LogP contribution in [0.4, 0.5) is 16.4 Å². The minimum absolute atomic E-state index is 0.144. The van der Waals surface area contributed by atoms with Gasteiger partial charge in [0, 0.05) is 27.4 Å². The molecule has 172 valence electrons. The number of carbonyl (C=O) groups is 2. The fraction of sp³-hybridized carbons (Fsp3) is 0.161. The standard InChI is InChI=1S/C31H25NO2S/c1-20-16-25(35-31(20)32(23-12-4-2-5-13-23)24-14-6-3-7-15-24)19-28-29(33)26-17-21-10-8-9-11-22(21)18-27(26)30(28)34/h2-7,12-19H,8-11H2,1H3. The van der Waals surface area contributed by atoms with Crippen LogP contribution < -0.4 is 4.90 Å². The van der Waals surface area contributed by atoms with Crippen molar-refractivity contribution in [2.75, 3.05) is 4.90 Å². The maximum atomic E-state index is 13.3. The summed E-state index contributed by atoms with van der Waals surface area (Å²) in [7, 11) is 0. The Morgan fingerprint density at radius 3 is 1.77 bits per heavy atom. The molecule has 1 heterocycles. The largest absolute Gasteiger partial charge is 0.302 e. The summed E-state index contributed by atoms with van der Waals surface area (Å²) in [5, 5.41) is 1.07. The number of para-hydroxylation sites is 2. The molecule has 4 aromatic rings. The van der Waals surface area contributed by atoms with Crippen LogP contribution in [0.2, 0.25) is 0 Å². The molecule has 0 fully saturated rings. The van der Waals surface area contributed by atoms with Gasteiger partial charge in [0.1, 0.15) is 5.00 Å². The summed E-state index contributed by atoms with van der Waals surface area (Å²) in [4.78, 5) is 29.7. The van der Waals surface area contributed by atoms with Gasteiger partial charge in [0.25, 0.3) is 0 Å². The van der Waals surface area contributed by atoms with Crippen molar-refractivity contribution in [3.05, 3.63) is 117 Å². The second-order valence-electron chi connectivity index (χ2n) is 9.23. The van der Waals surface area contributed by atoms with Crippen LogP contribution in [0.25, 0.3) is 6.08 Å². The van der Waals surface area contributed by atoms with Gasteiger partial charge in [-0.2, -0.15) is 0 Å². The number of benzene rings is 3. The van der Waals surface area contributed by atoms with Gasteiger partial charge in [-0.1, -0.05) is 36.4 Å². The van der Waals surface area contributed by atoms with Crippen molar-refractivity contribution in [2.24, 2.45) is 0 Å². The summed E-state index contributed by atoms with van der Waals surface area (Å²) in [6.07, 6.45) is 6.07. The first-order valence-corrected chi connectivity index (χ1v) is 12.9. The highest BCUT2D eigenvalue weighted by molar-refractivity contribution is 7.17. The fourth-order valence-corrected chi connectivity index (χ4v) is 6.31. The normalized spacial score (nSPS) is 14.6. The first-order valence-electron chi connectivity index (χ1n) is 12.1. The van der Waals surface area contributed by atoms with Crippen molar-refractivity contribution in [3.8, 4) is 0 Å². The summed E-state index contributed by atoms with van der Waals surface area (Å²) < 4.78 is 0. The quantitative estimate of drug-likeness (QED) is 0.223. The van der Waals surface area contributed by atoms with Crippen LogP contribution >= 0.6 is 11.3 Å². The zero-order valence-electron chi connectivity index (χ0n) is 19.6. The zero-order chi connectivity index (χ0) is 23.9. The maximum absolute atomic E-state index is 13.3. The predicted molar refractivity (Wildman–Crippen MR) is 143 cm³/mol. The number of nitrogens with zero attached hydrogens (tertiary/aromatic N) is 1. The summed E-state index contributed by atoms with van der Waals surface area (Å²) in [5.74, 6) is -0.289. The topological polar surface area (TPSA) is 37.4 Å². The molecule has 0 spiro atoms. The van der Waals surface area contributed by atoms with Crippen LogP contribution in [0.3, 0.4) is 0 Å². The highest BCUT2D eigenvalue weighted by Gasteiger charge is 2.34. The number of carbonyl (C=O) groups excluding carboxylic acids is 2. The Morgan fingerprint density at radius 1 is 0.743 bits per heavy atom. The van der Waals surface area contributed by atoms with Crippen LogP contribution in [-0.2, 0) is 12.8 Å². The van der Waals surface area contributed by atoms with Gasteiger partial charge in [-0.15, -0.1) is 11.3 Å².